The maximum atomic E-state index is 12.4. The molecule has 0 saturated carbocycles. The highest BCUT2D eigenvalue weighted by Gasteiger charge is 2.24. The fraction of sp³-hybridized carbons (Fsp3) is 0.429. The molecule has 0 spiro atoms. The van der Waals surface area contributed by atoms with Gasteiger partial charge in [-0.3, -0.25) is 0 Å². The van der Waals surface area contributed by atoms with Crippen LogP contribution < -0.4 is 10.5 Å². The second kappa shape index (κ2) is 6.37. The standard InChI is InChI=1S/C14H18N2O3S/c1-11-4-5-12(3-2-7-15)9-14(11)20(17,18)16-13-6-8-19-10-13/h4-5,9,13,16H,6-8,10,15H2,1H3. The molecule has 108 valence electrons. The number of nitrogens with one attached hydrogen (secondary N) is 1. The maximum Gasteiger partial charge on any atom is 0.241 e. The van der Waals surface area contributed by atoms with Gasteiger partial charge in [-0.05, 0) is 31.0 Å². The van der Waals surface area contributed by atoms with Crippen LogP contribution in [0.15, 0.2) is 23.1 Å². The Morgan fingerprint density at radius 2 is 2.30 bits per heavy atom. The van der Waals surface area contributed by atoms with E-state index in [1.807, 2.05) is 0 Å². The third kappa shape index (κ3) is 3.58. The lowest BCUT2D eigenvalue weighted by Crippen LogP contribution is -2.35. The zero-order valence-electron chi connectivity index (χ0n) is 11.3. The molecule has 1 aliphatic rings. The van der Waals surface area contributed by atoms with Crippen LogP contribution in [0, 0.1) is 18.8 Å². The first-order chi connectivity index (χ1) is 9.53. The van der Waals surface area contributed by atoms with Crippen LogP contribution in [0.2, 0.25) is 0 Å². The summed E-state index contributed by atoms with van der Waals surface area (Å²) >= 11 is 0. The van der Waals surface area contributed by atoms with E-state index >= 15 is 0 Å². The van der Waals surface area contributed by atoms with Crippen molar-refractivity contribution in [2.75, 3.05) is 19.8 Å². The number of ether oxygens (including phenoxy) is 1. The lowest BCUT2D eigenvalue weighted by Gasteiger charge is -2.13. The Labute approximate surface area is 119 Å². The number of nitrogens with two attached hydrogens (primary N) is 1. The Morgan fingerprint density at radius 1 is 1.50 bits per heavy atom. The van der Waals surface area contributed by atoms with Crippen molar-refractivity contribution < 1.29 is 13.2 Å². The molecule has 1 unspecified atom stereocenters. The van der Waals surface area contributed by atoms with Gasteiger partial charge in [0.2, 0.25) is 10.0 Å². The van der Waals surface area contributed by atoms with Gasteiger partial charge in [0.25, 0.3) is 0 Å². The van der Waals surface area contributed by atoms with Crippen LogP contribution >= 0.6 is 0 Å². The van der Waals surface area contributed by atoms with Crippen LogP contribution in [0.25, 0.3) is 0 Å². The minimum Gasteiger partial charge on any atom is -0.380 e. The Kier molecular flexibility index (Phi) is 4.78. The van der Waals surface area contributed by atoms with Crippen LogP contribution in [0.5, 0.6) is 0 Å². The highest BCUT2D eigenvalue weighted by Crippen LogP contribution is 2.18. The minimum atomic E-state index is -3.55. The first kappa shape index (κ1) is 15.0. The molecule has 1 aromatic carbocycles. The van der Waals surface area contributed by atoms with Gasteiger partial charge >= 0.3 is 0 Å². The topological polar surface area (TPSA) is 81.4 Å². The summed E-state index contributed by atoms with van der Waals surface area (Å²) in [5.41, 5.74) is 6.65. The normalized spacial score (nSPS) is 18.6. The van der Waals surface area contributed by atoms with Gasteiger partial charge < -0.3 is 10.5 Å². The summed E-state index contributed by atoms with van der Waals surface area (Å²) in [5, 5.41) is 0. The number of rotatable bonds is 3. The molecule has 1 atom stereocenters. The summed E-state index contributed by atoms with van der Waals surface area (Å²) in [6.45, 7) is 3.02. The van der Waals surface area contributed by atoms with E-state index in [9.17, 15) is 8.42 Å². The molecule has 1 aromatic rings. The van der Waals surface area contributed by atoms with Crippen LogP contribution in [0.3, 0.4) is 0 Å². The Balaban J connectivity index is 2.29. The van der Waals surface area contributed by atoms with Gasteiger partial charge in [0.05, 0.1) is 18.0 Å². The molecule has 3 N–H and O–H groups in total. The van der Waals surface area contributed by atoms with Crippen molar-refractivity contribution in [1.29, 1.82) is 0 Å². The molecule has 6 heteroatoms. The largest absolute Gasteiger partial charge is 0.380 e. The van der Waals surface area contributed by atoms with Gasteiger partial charge in [0.1, 0.15) is 0 Å². The van der Waals surface area contributed by atoms with Crippen LogP contribution in [0.1, 0.15) is 17.5 Å². The number of aryl methyl sites for hydroxylation is 1. The molecular formula is C14H18N2O3S. The highest BCUT2D eigenvalue weighted by atomic mass is 32.2. The summed E-state index contributed by atoms with van der Waals surface area (Å²) in [7, 11) is -3.55. The predicted molar refractivity (Wildman–Crippen MR) is 76.7 cm³/mol. The molecule has 20 heavy (non-hydrogen) atoms. The second-order valence-electron chi connectivity index (χ2n) is 4.67. The molecular weight excluding hydrogens is 276 g/mol. The van der Waals surface area contributed by atoms with E-state index < -0.39 is 10.0 Å². The molecule has 0 aliphatic carbocycles. The molecule has 1 saturated heterocycles. The van der Waals surface area contributed by atoms with E-state index in [4.69, 9.17) is 10.5 Å². The van der Waals surface area contributed by atoms with E-state index in [0.29, 0.717) is 30.8 Å². The molecule has 1 fully saturated rings. The quantitative estimate of drug-likeness (QED) is 0.789. The van der Waals surface area contributed by atoms with Crippen LogP contribution in [-0.4, -0.2) is 34.2 Å². The third-order valence-electron chi connectivity index (χ3n) is 3.06. The molecule has 2 rings (SSSR count). The number of hydrogen-bond donors (Lipinski definition) is 2. The van der Waals surface area contributed by atoms with E-state index in [-0.39, 0.29) is 17.5 Å². The van der Waals surface area contributed by atoms with Gasteiger partial charge in [0, 0.05) is 18.2 Å². The highest BCUT2D eigenvalue weighted by molar-refractivity contribution is 7.89. The SMILES string of the molecule is Cc1ccc(C#CCN)cc1S(=O)(=O)NC1CCOC1. The number of benzene rings is 1. The molecule has 0 aromatic heterocycles. The first-order valence-corrected chi connectivity index (χ1v) is 7.91. The summed E-state index contributed by atoms with van der Waals surface area (Å²) in [5.74, 6) is 5.56. The fourth-order valence-corrected chi connectivity index (χ4v) is 3.56. The maximum absolute atomic E-state index is 12.4. The van der Waals surface area contributed by atoms with E-state index in [0.717, 1.165) is 0 Å². The van der Waals surface area contributed by atoms with Gasteiger partial charge in [-0.15, -0.1) is 0 Å². The molecule has 0 radical (unpaired) electrons. The summed E-state index contributed by atoms with van der Waals surface area (Å²) in [6.07, 6.45) is 0.699. The van der Waals surface area contributed by atoms with Crippen molar-refractivity contribution in [3.63, 3.8) is 0 Å². The van der Waals surface area contributed by atoms with Crippen molar-refractivity contribution >= 4 is 10.0 Å². The molecule has 1 aliphatic heterocycles. The second-order valence-corrected chi connectivity index (χ2v) is 6.35. The van der Waals surface area contributed by atoms with Crippen LogP contribution in [0.4, 0.5) is 0 Å². The van der Waals surface area contributed by atoms with Crippen molar-refractivity contribution in [2.24, 2.45) is 5.73 Å². The van der Waals surface area contributed by atoms with E-state index in [2.05, 4.69) is 16.6 Å². The van der Waals surface area contributed by atoms with Gasteiger partial charge in [-0.25, -0.2) is 13.1 Å². The first-order valence-electron chi connectivity index (χ1n) is 6.42. The predicted octanol–water partition coefficient (Wildman–Crippen LogP) is 0.372. The van der Waals surface area contributed by atoms with Crippen molar-refractivity contribution in [3.8, 4) is 11.8 Å². The lowest BCUT2D eigenvalue weighted by molar-refractivity contribution is 0.192. The smallest absolute Gasteiger partial charge is 0.241 e. The Bertz CT molecular complexity index is 638. The molecule has 1 heterocycles. The average Bonchev–Trinajstić information content (AvgIpc) is 2.89. The fourth-order valence-electron chi connectivity index (χ4n) is 2.03. The van der Waals surface area contributed by atoms with Crippen molar-refractivity contribution in [2.45, 2.75) is 24.3 Å². The van der Waals surface area contributed by atoms with Crippen LogP contribution in [-0.2, 0) is 14.8 Å². The molecule has 5 nitrogen and oxygen atoms in total. The van der Waals surface area contributed by atoms with Gasteiger partial charge in [-0.2, -0.15) is 0 Å². The van der Waals surface area contributed by atoms with E-state index in [1.54, 1.807) is 25.1 Å². The van der Waals surface area contributed by atoms with Crippen molar-refractivity contribution in [1.82, 2.24) is 4.72 Å². The summed E-state index contributed by atoms with van der Waals surface area (Å²) < 4.78 is 32.6. The molecule has 0 amide bonds. The van der Waals surface area contributed by atoms with Gasteiger partial charge in [0.15, 0.2) is 0 Å². The number of hydrogen-bond acceptors (Lipinski definition) is 4. The average molecular weight is 294 g/mol. The summed E-state index contributed by atoms with van der Waals surface area (Å²) in [6, 6.07) is 4.96. The van der Waals surface area contributed by atoms with Crippen molar-refractivity contribution in [3.05, 3.63) is 29.3 Å². The Morgan fingerprint density at radius 3 is 2.95 bits per heavy atom. The summed E-state index contributed by atoms with van der Waals surface area (Å²) in [4.78, 5) is 0.258. The van der Waals surface area contributed by atoms with Gasteiger partial charge in [-0.1, -0.05) is 17.9 Å². The molecule has 0 bridgehead atoms. The Hall–Kier alpha value is -1.39. The third-order valence-corrected chi connectivity index (χ3v) is 4.73. The zero-order valence-corrected chi connectivity index (χ0v) is 12.2. The lowest BCUT2D eigenvalue weighted by atomic mass is 10.1. The number of sulfonamides is 1. The zero-order chi connectivity index (χ0) is 14.6. The van der Waals surface area contributed by atoms with E-state index in [1.165, 1.54) is 0 Å². The monoisotopic (exact) mass is 294 g/mol. The minimum absolute atomic E-state index is 0.154.